The lowest BCUT2D eigenvalue weighted by atomic mass is 9.89. The van der Waals surface area contributed by atoms with Crippen LogP contribution in [-0.4, -0.2) is 27.5 Å². The molecule has 2 N–H and O–H groups in total. The summed E-state index contributed by atoms with van der Waals surface area (Å²) in [6.45, 7) is 3.67. The molecule has 2 aromatic rings. The first kappa shape index (κ1) is 17.7. The number of amides is 2. The summed E-state index contributed by atoms with van der Waals surface area (Å²) in [5, 5.41) is 2.07. The minimum absolute atomic E-state index is 0.220. The van der Waals surface area contributed by atoms with Crippen molar-refractivity contribution in [1.29, 1.82) is 0 Å². The van der Waals surface area contributed by atoms with Gasteiger partial charge >= 0.3 is 0 Å². The Labute approximate surface area is 160 Å². The number of hydrogen-bond donors (Lipinski definition) is 2. The second kappa shape index (κ2) is 7.15. The van der Waals surface area contributed by atoms with Gasteiger partial charge in [-0.1, -0.05) is 18.7 Å². The number of hydrogen-bond acceptors (Lipinski definition) is 6. The summed E-state index contributed by atoms with van der Waals surface area (Å²) in [5.74, 6) is 1.81. The van der Waals surface area contributed by atoms with Gasteiger partial charge in [0.05, 0.1) is 5.75 Å². The fraction of sp³-hybridized carbons (Fsp3) is 0.556. The number of nitrogens with zero attached hydrogens (tertiary/aromatic N) is 2. The fourth-order valence-corrected chi connectivity index (χ4v) is 5.60. The summed E-state index contributed by atoms with van der Waals surface area (Å²) in [6, 6.07) is 0. The largest absolute Gasteiger partial charge is 0.274 e. The maximum atomic E-state index is 12.0. The molecule has 6 nitrogen and oxygen atoms in total. The van der Waals surface area contributed by atoms with Crippen molar-refractivity contribution >= 4 is 45.1 Å². The Morgan fingerprint density at radius 2 is 2.04 bits per heavy atom. The first-order valence-electron chi connectivity index (χ1n) is 9.01. The molecule has 0 aromatic carbocycles. The van der Waals surface area contributed by atoms with Crippen LogP contribution in [-0.2, 0) is 22.4 Å². The number of carbonyl (C=O) groups excluding carboxylic acids is 2. The highest BCUT2D eigenvalue weighted by atomic mass is 32.2. The molecular formula is C18H22N4O2S2. The Balaban J connectivity index is 1.63. The number of carbonyl (C=O) groups is 2. The zero-order valence-corrected chi connectivity index (χ0v) is 16.6. The van der Waals surface area contributed by atoms with Crippen molar-refractivity contribution in [3.8, 4) is 0 Å². The van der Waals surface area contributed by atoms with Crippen molar-refractivity contribution in [3.05, 3.63) is 16.3 Å². The van der Waals surface area contributed by atoms with Gasteiger partial charge in [0.25, 0.3) is 0 Å². The SMILES string of the molecule is CC(=O)NNC(=O)CSc1nc(C2CC2)nc2sc3c(c12)CC[C@@H](C)C3. The first-order valence-corrected chi connectivity index (χ1v) is 10.8. The molecule has 0 unspecified atom stereocenters. The summed E-state index contributed by atoms with van der Waals surface area (Å²) >= 11 is 3.24. The van der Waals surface area contributed by atoms with E-state index < -0.39 is 0 Å². The van der Waals surface area contributed by atoms with Crippen LogP contribution in [0.1, 0.15) is 55.3 Å². The van der Waals surface area contributed by atoms with Crippen LogP contribution in [0.3, 0.4) is 0 Å². The molecule has 8 heteroatoms. The van der Waals surface area contributed by atoms with Crippen molar-refractivity contribution in [2.24, 2.45) is 5.92 Å². The van der Waals surface area contributed by atoms with Crippen molar-refractivity contribution in [1.82, 2.24) is 20.8 Å². The van der Waals surface area contributed by atoms with Crippen LogP contribution in [0.25, 0.3) is 10.2 Å². The number of rotatable bonds is 4. The minimum Gasteiger partial charge on any atom is -0.274 e. The van der Waals surface area contributed by atoms with Gasteiger partial charge in [-0.25, -0.2) is 9.97 Å². The molecular weight excluding hydrogens is 368 g/mol. The molecule has 2 amide bonds. The maximum absolute atomic E-state index is 12.0. The van der Waals surface area contributed by atoms with Crippen LogP contribution in [0.15, 0.2) is 5.03 Å². The predicted octanol–water partition coefficient (Wildman–Crippen LogP) is 2.95. The van der Waals surface area contributed by atoms with Crippen LogP contribution in [0.2, 0.25) is 0 Å². The van der Waals surface area contributed by atoms with Gasteiger partial charge in [-0.2, -0.15) is 0 Å². The van der Waals surface area contributed by atoms with Crippen molar-refractivity contribution < 1.29 is 9.59 Å². The lowest BCUT2D eigenvalue weighted by molar-refractivity contribution is -0.126. The molecule has 0 spiro atoms. The van der Waals surface area contributed by atoms with E-state index in [2.05, 4.69) is 17.8 Å². The maximum Gasteiger partial charge on any atom is 0.248 e. The summed E-state index contributed by atoms with van der Waals surface area (Å²) < 4.78 is 0. The van der Waals surface area contributed by atoms with Gasteiger partial charge in [-0.3, -0.25) is 20.4 Å². The Morgan fingerprint density at radius 1 is 1.23 bits per heavy atom. The second-order valence-corrected chi connectivity index (χ2v) is 9.26. The number of fused-ring (bicyclic) bond motifs is 3. The lowest BCUT2D eigenvalue weighted by Crippen LogP contribution is -2.41. The highest BCUT2D eigenvalue weighted by Gasteiger charge is 2.30. The Kier molecular flexibility index (Phi) is 4.88. The fourth-order valence-electron chi connectivity index (χ4n) is 3.28. The third-order valence-corrected chi connectivity index (χ3v) is 6.92. The summed E-state index contributed by atoms with van der Waals surface area (Å²) in [6.07, 6.45) is 5.67. The standard InChI is InChI=1S/C18H22N4O2S2/c1-9-3-6-12-13(7-9)26-18-15(12)17(19-16(20-18)11-4-5-11)25-8-14(24)22-21-10(2)23/h9,11H,3-8H2,1-2H3,(H,21,23)(H,22,24)/t9-/m1/s1. The molecule has 1 fully saturated rings. The van der Waals surface area contributed by atoms with Gasteiger partial charge in [0.15, 0.2) is 0 Å². The van der Waals surface area contributed by atoms with Gasteiger partial charge in [0.2, 0.25) is 11.8 Å². The summed E-state index contributed by atoms with van der Waals surface area (Å²) in [5.41, 5.74) is 6.12. The molecule has 0 radical (unpaired) electrons. The molecule has 2 heterocycles. The van der Waals surface area contributed by atoms with Gasteiger partial charge in [0.1, 0.15) is 15.7 Å². The van der Waals surface area contributed by atoms with Crippen LogP contribution in [0, 0.1) is 5.92 Å². The lowest BCUT2D eigenvalue weighted by Gasteiger charge is -2.18. The van der Waals surface area contributed by atoms with E-state index in [1.807, 2.05) is 0 Å². The molecule has 4 rings (SSSR count). The third-order valence-electron chi connectivity index (χ3n) is 4.80. The number of thiophene rings is 1. The quantitative estimate of drug-likeness (QED) is 0.476. The molecule has 26 heavy (non-hydrogen) atoms. The second-order valence-electron chi connectivity index (χ2n) is 7.21. The van der Waals surface area contributed by atoms with Crippen LogP contribution in [0.5, 0.6) is 0 Å². The Hall–Kier alpha value is -1.67. The van der Waals surface area contributed by atoms with Crippen LogP contribution >= 0.6 is 23.1 Å². The molecule has 0 aliphatic heterocycles. The molecule has 0 bridgehead atoms. The normalized spacial score (nSPS) is 19.2. The molecule has 2 aliphatic carbocycles. The van der Waals surface area contributed by atoms with E-state index in [-0.39, 0.29) is 17.6 Å². The zero-order chi connectivity index (χ0) is 18.3. The molecule has 2 aliphatic rings. The van der Waals surface area contributed by atoms with Crippen molar-refractivity contribution in [3.63, 3.8) is 0 Å². The molecule has 1 saturated carbocycles. The van der Waals surface area contributed by atoms with Gasteiger partial charge in [0, 0.05) is 23.1 Å². The first-order chi connectivity index (χ1) is 12.5. The number of nitrogens with one attached hydrogen (secondary N) is 2. The van der Waals surface area contributed by atoms with E-state index >= 15 is 0 Å². The molecule has 1 atom stereocenters. The van der Waals surface area contributed by atoms with Gasteiger partial charge in [-0.15, -0.1) is 11.3 Å². The number of hydrazine groups is 1. The number of aromatic nitrogens is 2. The summed E-state index contributed by atoms with van der Waals surface area (Å²) in [7, 11) is 0. The van der Waals surface area contributed by atoms with E-state index in [4.69, 9.17) is 9.97 Å². The van der Waals surface area contributed by atoms with Crippen molar-refractivity contribution in [2.45, 2.75) is 56.9 Å². The van der Waals surface area contributed by atoms with Gasteiger partial charge < -0.3 is 0 Å². The summed E-state index contributed by atoms with van der Waals surface area (Å²) in [4.78, 5) is 35.1. The Bertz CT molecular complexity index is 876. The molecule has 2 aromatic heterocycles. The average molecular weight is 391 g/mol. The van der Waals surface area contributed by atoms with E-state index in [9.17, 15) is 9.59 Å². The van der Waals surface area contributed by atoms with E-state index in [0.717, 1.165) is 46.8 Å². The number of thioether (sulfide) groups is 1. The average Bonchev–Trinajstić information content (AvgIpc) is 3.38. The Morgan fingerprint density at radius 3 is 2.77 bits per heavy atom. The zero-order valence-electron chi connectivity index (χ0n) is 14.9. The van der Waals surface area contributed by atoms with E-state index in [1.165, 1.54) is 35.5 Å². The van der Waals surface area contributed by atoms with E-state index in [0.29, 0.717) is 11.8 Å². The van der Waals surface area contributed by atoms with Crippen LogP contribution in [0.4, 0.5) is 0 Å². The number of aryl methyl sites for hydroxylation is 1. The smallest absolute Gasteiger partial charge is 0.248 e. The van der Waals surface area contributed by atoms with Crippen LogP contribution < -0.4 is 10.9 Å². The van der Waals surface area contributed by atoms with Crippen molar-refractivity contribution in [2.75, 3.05) is 5.75 Å². The monoisotopic (exact) mass is 390 g/mol. The highest BCUT2D eigenvalue weighted by Crippen LogP contribution is 2.44. The van der Waals surface area contributed by atoms with Gasteiger partial charge in [-0.05, 0) is 43.6 Å². The minimum atomic E-state index is -0.287. The van der Waals surface area contributed by atoms with E-state index in [1.54, 1.807) is 11.3 Å². The molecule has 0 saturated heterocycles. The third kappa shape index (κ3) is 3.71. The predicted molar refractivity (Wildman–Crippen MR) is 103 cm³/mol. The molecule has 138 valence electrons. The topological polar surface area (TPSA) is 84.0 Å². The highest BCUT2D eigenvalue weighted by molar-refractivity contribution is 8.00.